The molecular formula is C20H21N5O3S. The molecule has 3 aromatic heterocycles. The van der Waals surface area contributed by atoms with Crippen molar-refractivity contribution in [3.63, 3.8) is 0 Å². The van der Waals surface area contributed by atoms with Crippen molar-refractivity contribution in [2.75, 3.05) is 13.7 Å². The second-order valence-electron chi connectivity index (χ2n) is 6.43. The minimum absolute atomic E-state index is 0.508. The normalized spacial score (nSPS) is 11.3. The van der Waals surface area contributed by atoms with Crippen LogP contribution >= 0.6 is 11.3 Å². The lowest BCUT2D eigenvalue weighted by atomic mass is 10.2. The van der Waals surface area contributed by atoms with Crippen LogP contribution in [-0.4, -0.2) is 38.9 Å². The average Bonchev–Trinajstić information content (AvgIpc) is 3.50. The Morgan fingerprint density at radius 2 is 1.90 bits per heavy atom. The van der Waals surface area contributed by atoms with Gasteiger partial charge in [0.1, 0.15) is 5.75 Å². The smallest absolute Gasteiger partial charge is 0.257 e. The molecule has 0 saturated heterocycles. The minimum Gasteiger partial charge on any atom is -0.497 e. The van der Waals surface area contributed by atoms with E-state index in [0.717, 1.165) is 29.2 Å². The van der Waals surface area contributed by atoms with Gasteiger partial charge in [0.2, 0.25) is 17.6 Å². The lowest BCUT2D eigenvalue weighted by molar-refractivity contribution is 0.201. The van der Waals surface area contributed by atoms with Crippen LogP contribution in [0.25, 0.3) is 22.2 Å². The lowest BCUT2D eigenvalue weighted by Gasteiger charge is -2.16. The van der Waals surface area contributed by atoms with Crippen molar-refractivity contribution in [3.8, 4) is 27.9 Å². The molecule has 150 valence electrons. The predicted octanol–water partition coefficient (Wildman–Crippen LogP) is 4.27. The Labute approximate surface area is 172 Å². The first-order valence-electron chi connectivity index (χ1n) is 9.30. The molecule has 0 spiro atoms. The fraction of sp³-hybridized carbons (Fsp3) is 0.300. The summed E-state index contributed by atoms with van der Waals surface area (Å²) in [7, 11) is 1.64. The van der Waals surface area contributed by atoms with Crippen molar-refractivity contribution in [2.45, 2.75) is 26.4 Å². The Hall–Kier alpha value is -3.04. The third kappa shape index (κ3) is 4.69. The topological polar surface area (TPSA) is 90.3 Å². The molecule has 0 amide bonds. The number of ether oxygens (including phenoxy) is 1. The van der Waals surface area contributed by atoms with E-state index >= 15 is 0 Å². The Morgan fingerprint density at radius 3 is 2.62 bits per heavy atom. The fourth-order valence-corrected chi connectivity index (χ4v) is 3.55. The lowest BCUT2D eigenvalue weighted by Crippen LogP contribution is -2.24. The molecule has 4 aromatic rings. The van der Waals surface area contributed by atoms with Gasteiger partial charge in [0.05, 0.1) is 25.1 Å². The highest BCUT2D eigenvalue weighted by molar-refractivity contribution is 7.13. The summed E-state index contributed by atoms with van der Waals surface area (Å²) in [6.07, 6.45) is 0.978. The van der Waals surface area contributed by atoms with Crippen LogP contribution in [0.15, 0.2) is 50.7 Å². The van der Waals surface area contributed by atoms with Gasteiger partial charge in [0.25, 0.3) is 5.89 Å². The quantitative estimate of drug-likeness (QED) is 0.403. The number of aromatic nitrogens is 4. The summed E-state index contributed by atoms with van der Waals surface area (Å²) < 4.78 is 16.4. The zero-order valence-corrected chi connectivity index (χ0v) is 17.1. The monoisotopic (exact) mass is 411 g/mol. The van der Waals surface area contributed by atoms with Gasteiger partial charge in [-0.3, -0.25) is 4.90 Å². The summed E-state index contributed by atoms with van der Waals surface area (Å²) in [6, 6.07) is 11.5. The van der Waals surface area contributed by atoms with Crippen molar-refractivity contribution in [1.29, 1.82) is 0 Å². The first kappa shape index (κ1) is 19.3. The van der Waals surface area contributed by atoms with Gasteiger partial charge in [0, 0.05) is 5.56 Å². The molecule has 4 rings (SSSR count). The van der Waals surface area contributed by atoms with Crippen molar-refractivity contribution in [1.82, 2.24) is 25.2 Å². The molecule has 0 aliphatic heterocycles. The maximum atomic E-state index is 5.81. The number of rotatable bonds is 9. The Balaban J connectivity index is 1.43. The number of benzene rings is 1. The van der Waals surface area contributed by atoms with Gasteiger partial charge in [-0.05, 0) is 48.7 Å². The van der Waals surface area contributed by atoms with Crippen LogP contribution in [0.5, 0.6) is 5.75 Å². The number of hydrogen-bond acceptors (Lipinski definition) is 9. The van der Waals surface area contributed by atoms with Crippen molar-refractivity contribution < 1.29 is 13.7 Å². The van der Waals surface area contributed by atoms with Gasteiger partial charge in [-0.25, -0.2) is 0 Å². The molecule has 0 bridgehead atoms. The highest BCUT2D eigenvalue weighted by Crippen LogP contribution is 2.24. The number of nitrogens with zero attached hydrogens (tertiary/aromatic N) is 5. The third-order valence-electron chi connectivity index (χ3n) is 4.27. The van der Waals surface area contributed by atoms with Gasteiger partial charge in [-0.2, -0.15) is 4.98 Å². The molecule has 0 aliphatic rings. The first-order valence-corrected chi connectivity index (χ1v) is 10.2. The van der Waals surface area contributed by atoms with E-state index in [1.165, 1.54) is 0 Å². The van der Waals surface area contributed by atoms with E-state index in [9.17, 15) is 0 Å². The Bertz CT molecular complexity index is 1030. The van der Waals surface area contributed by atoms with E-state index in [1.807, 2.05) is 41.8 Å². The Morgan fingerprint density at radius 1 is 1.07 bits per heavy atom. The van der Waals surface area contributed by atoms with Crippen molar-refractivity contribution in [3.05, 3.63) is 53.6 Å². The van der Waals surface area contributed by atoms with Crippen LogP contribution in [0.2, 0.25) is 0 Å². The van der Waals surface area contributed by atoms with E-state index in [1.54, 1.807) is 18.4 Å². The van der Waals surface area contributed by atoms with Crippen molar-refractivity contribution in [2.24, 2.45) is 0 Å². The summed E-state index contributed by atoms with van der Waals surface area (Å²) in [5, 5.41) is 14.4. The summed E-state index contributed by atoms with van der Waals surface area (Å²) in [6.45, 7) is 3.99. The molecule has 0 aliphatic carbocycles. The molecule has 0 N–H and O–H groups in total. The molecule has 0 radical (unpaired) electrons. The van der Waals surface area contributed by atoms with Crippen molar-refractivity contribution >= 4 is 11.3 Å². The van der Waals surface area contributed by atoms with E-state index < -0.39 is 0 Å². The van der Waals surface area contributed by atoms with Gasteiger partial charge >= 0.3 is 0 Å². The summed E-state index contributed by atoms with van der Waals surface area (Å²) in [5.74, 6) is 3.00. The molecule has 0 saturated carbocycles. The highest BCUT2D eigenvalue weighted by atomic mass is 32.1. The summed E-state index contributed by atoms with van der Waals surface area (Å²) >= 11 is 1.57. The third-order valence-corrected chi connectivity index (χ3v) is 5.13. The molecule has 0 atom stereocenters. The second kappa shape index (κ2) is 8.97. The molecule has 0 unspecified atom stereocenters. The van der Waals surface area contributed by atoms with E-state index in [4.69, 9.17) is 13.7 Å². The minimum atomic E-state index is 0.508. The maximum Gasteiger partial charge on any atom is 0.257 e. The molecule has 1 aromatic carbocycles. The SMILES string of the molecule is CCCN(Cc1nc(-c2ccc(OC)cc2)no1)Cc1nnc(-c2cccs2)o1. The van der Waals surface area contributed by atoms with Crippen LogP contribution in [0.1, 0.15) is 25.1 Å². The Kier molecular flexibility index (Phi) is 5.97. The van der Waals surface area contributed by atoms with E-state index in [0.29, 0.717) is 36.6 Å². The van der Waals surface area contributed by atoms with Crippen LogP contribution in [0, 0.1) is 0 Å². The standard InChI is InChI=1S/C20H21N5O3S/c1-3-10-25(13-18-22-23-20(27-18)16-5-4-11-29-16)12-17-21-19(24-28-17)14-6-8-15(26-2)9-7-14/h4-9,11H,3,10,12-13H2,1-2H3. The van der Waals surface area contributed by atoms with Crippen LogP contribution < -0.4 is 4.74 Å². The molecule has 3 heterocycles. The average molecular weight is 411 g/mol. The maximum absolute atomic E-state index is 5.81. The van der Waals surface area contributed by atoms with E-state index in [2.05, 4.69) is 32.2 Å². The van der Waals surface area contributed by atoms with Gasteiger partial charge in [-0.15, -0.1) is 21.5 Å². The van der Waals surface area contributed by atoms with Gasteiger partial charge in [-0.1, -0.05) is 18.1 Å². The zero-order chi connectivity index (χ0) is 20.1. The van der Waals surface area contributed by atoms with E-state index in [-0.39, 0.29) is 0 Å². The molecule has 0 fully saturated rings. The molecular weight excluding hydrogens is 390 g/mol. The highest BCUT2D eigenvalue weighted by Gasteiger charge is 2.17. The zero-order valence-electron chi connectivity index (χ0n) is 16.2. The second-order valence-corrected chi connectivity index (χ2v) is 7.38. The largest absolute Gasteiger partial charge is 0.497 e. The molecule has 8 nitrogen and oxygen atoms in total. The van der Waals surface area contributed by atoms with Gasteiger partial charge < -0.3 is 13.7 Å². The van der Waals surface area contributed by atoms with Gasteiger partial charge in [0.15, 0.2) is 0 Å². The fourth-order valence-electron chi connectivity index (χ4n) is 2.91. The molecule has 9 heteroatoms. The summed E-state index contributed by atoms with van der Waals surface area (Å²) in [4.78, 5) is 7.63. The summed E-state index contributed by atoms with van der Waals surface area (Å²) in [5.41, 5.74) is 0.875. The van der Waals surface area contributed by atoms with Crippen LogP contribution in [0.4, 0.5) is 0 Å². The molecule has 29 heavy (non-hydrogen) atoms. The number of methoxy groups -OCH3 is 1. The first-order chi connectivity index (χ1) is 14.2. The number of hydrogen-bond donors (Lipinski definition) is 0. The van der Waals surface area contributed by atoms with Crippen LogP contribution in [0.3, 0.4) is 0 Å². The predicted molar refractivity (Wildman–Crippen MR) is 108 cm³/mol. The number of thiophene rings is 1. The van der Waals surface area contributed by atoms with Crippen LogP contribution in [-0.2, 0) is 13.1 Å².